The lowest BCUT2D eigenvalue weighted by Gasteiger charge is -2.34. The number of aromatic nitrogens is 3. The van der Waals surface area contributed by atoms with Crippen LogP contribution in [-0.4, -0.2) is 59.0 Å². The smallest absolute Gasteiger partial charge is 0.369 e. The number of H-pyrrole nitrogens is 1. The van der Waals surface area contributed by atoms with E-state index in [0.29, 0.717) is 28.5 Å². The summed E-state index contributed by atoms with van der Waals surface area (Å²) in [6, 6.07) is 21.3. The predicted octanol–water partition coefficient (Wildman–Crippen LogP) is 6.39. The highest BCUT2D eigenvalue weighted by Crippen LogP contribution is 2.31. The van der Waals surface area contributed by atoms with Crippen LogP contribution >= 0.6 is 0 Å². The molecule has 0 atom stereocenters. The summed E-state index contributed by atoms with van der Waals surface area (Å²) in [5.41, 5.74) is 3.13. The van der Waals surface area contributed by atoms with Crippen LogP contribution in [0.3, 0.4) is 0 Å². The predicted molar refractivity (Wildman–Crippen MR) is 158 cm³/mol. The third-order valence-corrected chi connectivity index (χ3v) is 7.27. The molecular formula is C31H28F3N7O. The van der Waals surface area contributed by atoms with Gasteiger partial charge in [-0.2, -0.15) is 13.2 Å². The average Bonchev–Trinajstić information content (AvgIpc) is 3.47. The van der Waals surface area contributed by atoms with Gasteiger partial charge >= 0.3 is 6.18 Å². The Labute approximate surface area is 240 Å². The molecule has 1 amide bonds. The van der Waals surface area contributed by atoms with Crippen molar-refractivity contribution in [2.75, 3.05) is 48.8 Å². The number of hydrogen-bond donors (Lipinski definition) is 3. The zero-order valence-corrected chi connectivity index (χ0v) is 22.7. The second-order valence-corrected chi connectivity index (χ2v) is 10.2. The van der Waals surface area contributed by atoms with Gasteiger partial charge in [0.1, 0.15) is 11.5 Å². The van der Waals surface area contributed by atoms with Crippen LogP contribution in [0.25, 0.3) is 22.4 Å². The topological polar surface area (TPSA) is 89.2 Å². The Morgan fingerprint density at radius 3 is 2.33 bits per heavy atom. The zero-order valence-electron chi connectivity index (χ0n) is 22.7. The molecule has 0 unspecified atom stereocenters. The molecule has 0 aliphatic carbocycles. The van der Waals surface area contributed by atoms with Gasteiger partial charge in [-0.25, -0.2) is 9.97 Å². The van der Waals surface area contributed by atoms with E-state index in [0.717, 1.165) is 61.5 Å². The quantitative estimate of drug-likeness (QED) is 0.219. The Morgan fingerprint density at radius 1 is 0.881 bits per heavy atom. The SMILES string of the molecule is CN1CCN(c2ccc(Nc3nc(-c4cccc(NC(=O)c5ccc(C(F)(F)F)cc5)c4)nc4[nH]ccc34)cc2)CC1. The summed E-state index contributed by atoms with van der Waals surface area (Å²) in [5.74, 6) is 0.541. The van der Waals surface area contributed by atoms with E-state index in [-0.39, 0.29) is 5.56 Å². The van der Waals surface area contributed by atoms with Crippen molar-refractivity contribution in [3.63, 3.8) is 0 Å². The summed E-state index contributed by atoms with van der Waals surface area (Å²) < 4.78 is 38.6. The lowest BCUT2D eigenvalue weighted by atomic mass is 10.1. The number of nitrogens with one attached hydrogen (secondary N) is 3. The monoisotopic (exact) mass is 571 g/mol. The minimum absolute atomic E-state index is 0.114. The fraction of sp³-hybridized carbons (Fsp3) is 0.194. The normalized spacial score (nSPS) is 14.2. The Kier molecular flexibility index (Phi) is 7.26. The van der Waals surface area contributed by atoms with Gasteiger partial charge in [-0.15, -0.1) is 0 Å². The van der Waals surface area contributed by atoms with Crippen LogP contribution < -0.4 is 15.5 Å². The Balaban J connectivity index is 1.21. The van der Waals surface area contributed by atoms with Crippen molar-refractivity contribution < 1.29 is 18.0 Å². The van der Waals surface area contributed by atoms with Crippen molar-refractivity contribution in [3.8, 4) is 11.4 Å². The minimum Gasteiger partial charge on any atom is -0.369 e. The highest BCUT2D eigenvalue weighted by atomic mass is 19.4. The number of piperazine rings is 1. The Hall–Kier alpha value is -4.90. The summed E-state index contributed by atoms with van der Waals surface area (Å²) in [7, 11) is 2.14. The summed E-state index contributed by atoms with van der Waals surface area (Å²) >= 11 is 0. The first-order valence-electron chi connectivity index (χ1n) is 13.5. The van der Waals surface area contributed by atoms with E-state index in [1.165, 1.54) is 5.69 Å². The van der Waals surface area contributed by atoms with Crippen molar-refractivity contribution >= 4 is 39.8 Å². The number of alkyl halides is 3. The van der Waals surface area contributed by atoms with E-state index in [4.69, 9.17) is 4.98 Å². The van der Waals surface area contributed by atoms with Crippen LogP contribution in [0, 0.1) is 0 Å². The molecule has 0 radical (unpaired) electrons. The lowest BCUT2D eigenvalue weighted by Crippen LogP contribution is -2.44. The molecule has 0 saturated carbocycles. The zero-order chi connectivity index (χ0) is 29.3. The second-order valence-electron chi connectivity index (χ2n) is 10.2. The van der Waals surface area contributed by atoms with Crippen LogP contribution in [0.5, 0.6) is 0 Å². The highest BCUT2D eigenvalue weighted by molar-refractivity contribution is 6.04. The molecular weight excluding hydrogens is 543 g/mol. The number of likely N-dealkylation sites (N-methyl/N-ethyl adjacent to an activating group) is 1. The van der Waals surface area contributed by atoms with Crippen molar-refractivity contribution in [1.82, 2.24) is 19.9 Å². The van der Waals surface area contributed by atoms with Crippen LogP contribution in [-0.2, 0) is 6.18 Å². The van der Waals surface area contributed by atoms with Gasteiger partial charge in [0.25, 0.3) is 5.91 Å². The molecule has 11 heteroatoms. The molecule has 3 aromatic carbocycles. The Morgan fingerprint density at radius 2 is 1.62 bits per heavy atom. The maximum atomic E-state index is 12.9. The number of benzene rings is 3. The number of nitrogens with zero attached hydrogens (tertiary/aromatic N) is 4. The highest BCUT2D eigenvalue weighted by Gasteiger charge is 2.30. The fourth-order valence-corrected chi connectivity index (χ4v) is 4.87. The number of amides is 1. The number of carbonyl (C=O) groups excluding carboxylic acids is 1. The third-order valence-electron chi connectivity index (χ3n) is 7.27. The van der Waals surface area contributed by atoms with E-state index in [9.17, 15) is 18.0 Å². The van der Waals surface area contributed by atoms with Crippen molar-refractivity contribution in [3.05, 3.63) is 96.2 Å². The van der Waals surface area contributed by atoms with Crippen molar-refractivity contribution in [2.24, 2.45) is 0 Å². The van der Waals surface area contributed by atoms with E-state index >= 15 is 0 Å². The number of anilines is 4. The minimum atomic E-state index is -4.47. The molecule has 1 aliphatic heterocycles. The fourth-order valence-electron chi connectivity index (χ4n) is 4.87. The molecule has 0 spiro atoms. The van der Waals surface area contributed by atoms with Gasteiger partial charge in [-0.05, 0) is 73.8 Å². The van der Waals surface area contributed by atoms with Gasteiger partial charge < -0.3 is 25.4 Å². The molecule has 3 heterocycles. The van der Waals surface area contributed by atoms with Gasteiger partial charge in [-0.3, -0.25) is 4.79 Å². The molecule has 1 fully saturated rings. The molecule has 214 valence electrons. The van der Waals surface area contributed by atoms with Crippen molar-refractivity contribution in [2.45, 2.75) is 6.18 Å². The molecule has 2 aromatic heterocycles. The van der Waals surface area contributed by atoms with Crippen LogP contribution in [0.1, 0.15) is 15.9 Å². The maximum absolute atomic E-state index is 12.9. The number of aromatic amines is 1. The van der Waals surface area contributed by atoms with Crippen LogP contribution in [0.4, 0.5) is 36.1 Å². The maximum Gasteiger partial charge on any atom is 0.416 e. The van der Waals surface area contributed by atoms with Gasteiger partial charge in [0.15, 0.2) is 5.82 Å². The average molecular weight is 572 g/mol. The summed E-state index contributed by atoms with van der Waals surface area (Å²) in [4.78, 5) is 30.0. The number of halogens is 3. The molecule has 6 rings (SSSR count). The number of hydrogen-bond acceptors (Lipinski definition) is 6. The number of carbonyl (C=O) groups is 1. The summed E-state index contributed by atoms with van der Waals surface area (Å²) in [5, 5.41) is 6.99. The molecule has 8 nitrogen and oxygen atoms in total. The van der Waals surface area contributed by atoms with Crippen LogP contribution in [0.2, 0.25) is 0 Å². The molecule has 3 N–H and O–H groups in total. The first-order valence-corrected chi connectivity index (χ1v) is 13.5. The van der Waals surface area contributed by atoms with E-state index in [1.807, 2.05) is 24.3 Å². The molecule has 1 saturated heterocycles. The number of fused-ring (bicyclic) bond motifs is 1. The first-order chi connectivity index (χ1) is 20.2. The molecule has 5 aromatic rings. The standard InChI is InChI=1S/C31H28F3N7O/c1-40-15-17-41(18-16-40)25-11-9-23(10-12-25)36-29-26-13-14-35-28(26)38-27(39-29)21-3-2-4-24(19-21)37-30(42)20-5-7-22(8-6-20)31(32,33)34/h2-14,19H,15-18H2,1H3,(H,37,42)(H2,35,36,38,39). The van der Waals surface area contributed by atoms with E-state index < -0.39 is 17.6 Å². The summed E-state index contributed by atoms with van der Waals surface area (Å²) in [6.07, 6.45) is -2.67. The van der Waals surface area contributed by atoms with Gasteiger partial charge in [0.05, 0.1) is 10.9 Å². The third kappa shape index (κ3) is 5.91. The van der Waals surface area contributed by atoms with Gasteiger partial charge in [-0.1, -0.05) is 12.1 Å². The largest absolute Gasteiger partial charge is 0.416 e. The van der Waals surface area contributed by atoms with Gasteiger partial charge in [0.2, 0.25) is 0 Å². The molecule has 0 bridgehead atoms. The van der Waals surface area contributed by atoms with Gasteiger partial charge in [0, 0.05) is 60.6 Å². The number of rotatable bonds is 6. The van der Waals surface area contributed by atoms with Crippen molar-refractivity contribution in [1.29, 1.82) is 0 Å². The van der Waals surface area contributed by atoms with Crippen LogP contribution in [0.15, 0.2) is 85.1 Å². The lowest BCUT2D eigenvalue weighted by molar-refractivity contribution is -0.137. The Bertz CT molecular complexity index is 1710. The van der Waals surface area contributed by atoms with E-state index in [2.05, 4.69) is 49.6 Å². The van der Waals surface area contributed by atoms with E-state index in [1.54, 1.807) is 24.4 Å². The second kappa shape index (κ2) is 11.2. The first kappa shape index (κ1) is 27.3. The molecule has 1 aliphatic rings. The molecule has 42 heavy (non-hydrogen) atoms. The summed E-state index contributed by atoms with van der Waals surface area (Å²) in [6.45, 7) is 4.06.